The third-order valence-corrected chi connectivity index (χ3v) is 3.08. The quantitative estimate of drug-likeness (QED) is 0.849. The lowest BCUT2D eigenvalue weighted by Gasteiger charge is -2.26. The van der Waals surface area contributed by atoms with Crippen LogP contribution in [0.4, 0.5) is 14.5 Å². The number of halogens is 2. The predicted molar refractivity (Wildman–Crippen MR) is 65.1 cm³/mol. The van der Waals surface area contributed by atoms with E-state index in [2.05, 4.69) is 5.32 Å². The van der Waals surface area contributed by atoms with Gasteiger partial charge in [-0.1, -0.05) is 13.8 Å². The molecule has 0 radical (unpaired) electrons. The van der Waals surface area contributed by atoms with Gasteiger partial charge in [-0.15, -0.1) is 0 Å². The highest BCUT2D eigenvalue weighted by Gasteiger charge is 2.23. The predicted octanol–water partition coefficient (Wildman–Crippen LogP) is 2.80. The van der Waals surface area contributed by atoms with Gasteiger partial charge in [-0.3, -0.25) is 0 Å². The zero-order valence-corrected chi connectivity index (χ0v) is 10.4. The molecule has 0 unspecified atom stereocenters. The maximum Gasteiger partial charge on any atom is 0.150 e. The summed E-state index contributed by atoms with van der Waals surface area (Å²) < 4.78 is 27.1. The van der Waals surface area contributed by atoms with Gasteiger partial charge in [-0.2, -0.15) is 5.26 Å². The zero-order valence-electron chi connectivity index (χ0n) is 10.4. The third-order valence-electron chi connectivity index (χ3n) is 3.08. The lowest BCUT2D eigenvalue weighted by Crippen LogP contribution is -2.35. The van der Waals surface area contributed by atoms with Crippen molar-refractivity contribution >= 4 is 5.69 Å². The molecule has 0 atom stereocenters. The van der Waals surface area contributed by atoms with Crippen LogP contribution in [0.5, 0.6) is 0 Å². The zero-order chi connectivity index (χ0) is 13.8. The molecule has 0 amide bonds. The van der Waals surface area contributed by atoms with Crippen LogP contribution in [0, 0.1) is 23.0 Å². The molecule has 0 saturated heterocycles. The number of hydrogen-bond acceptors (Lipinski definition) is 3. The van der Waals surface area contributed by atoms with Gasteiger partial charge in [-0.25, -0.2) is 8.78 Å². The van der Waals surface area contributed by atoms with E-state index in [0.29, 0.717) is 12.8 Å². The Labute approximate surface area is 105 Å². The molecular weight excluding hydrogens is 238 g/mol. The summed E-state index contributed by atoms with van der Waals surface area (Å²) in [6.45, 7) is 3.66. The molecular formula is C13H16F2N2O. The Hall–Kier alpha value is -1.67. The summed E-state index contributed by atoms with van der Waals surface area (Å²) in [4.78, 5) is 0. The van der Waals surface area contributed by atoms with E-state index in [1.807, 2.05) is 0 Å². The van der Waals surface area contributed by atoms with Gasteiger partial charge in [-0.05, 0) is 25.0 Å². The number of nitrogens with zero attached hydrogens (tertiary/aromatic N) is 1. The van der Waals surface area contributed by atoms with Gasteiger partial charge < -0.3 is 10.4 Å². The van der Waals surface area contributed by atoms with E-state index in [9.17, 15) is 13.9 Å². The van der Waals surface area contributed by atoms with Crippen molar-refractivity contribution in [2.24, 2.45) is 0 Å². The van der Waals surface area contributed by atoms with Gasteiger partial charge in [0.25, 0.3) is 0 Å². The van der Waals surface area contributed by atoms with Gasteiger partial charge in [0.1, 0.15) is 5.69 Å². The molecule has 5 heteroatoms. The van der Waals surface area contributed by atoms with Crippen LogP contribution in [0.25, 0.3) is 0 Å². The summed E-state index contributed by atoms with van der Waals surface area (Å²) in [7, 11) is 0. The second kappa shape index (κ2) is 5.78. The Kier molecular flexibility index (Phi) is 4.62. The van der Waals surface area contributed by atoms with Gasteiger partial charge in [0, 0.05) is 6.54 Å². The molecule has 0 saturated carbocycles. The van der Waals surface area contributed by atoms with Crippen LogP contribution in [0.3, 0.4) is 0 Å². The third kappa shape index (κ3) is 3.17. The van der Waals surface area contributed by atoms with Gasteiger partial charge in [0.05, 0.1) is 17.2 Å². The standard InChI is InChI=1S/C13H16F2N2O/c1-3-13(18,4-2)8-17-12-10(14)5-9(7-16)6-11(12)15/h5-6,17-18H,3-4,8H2,1-2H3. The molecule has 0 bridgehead atoms. The van der Waals surface area contributed by atoms with E-state index < -0.39 is 17.2 Å². The van der Waals surface area contributed by atoms with E-state index in [-0.39, 0.29) is 17.8 Å². The average molecular weight is 254 g/mol. The number of aliphatic hydroxyl groups is 1. The molecule has 0 aliphatic carbocycles. The molecule has 1 aromatic carbocycles. The van der Waals surface area contributed by atoms with Crippen molar-refractivity contribution in [1.29, 1.82) is 5.26 Å². The summed E-state index contributed by atoms with van der Waals surface area (Å²) in [6, 6.07) is 3.59. The van der Waals surface area contributed by atoms with Crippen molar-refractivity contribution in [2.75, 3.05) is 11.9 Å². The van der Waals surface area contributed by atoms with E-state index in [0.717, 1.165) is 12.1 Å². The first-order valence-electron chi connectivity index (χ1n) is 5.81. The van der Waals surface area contributed by atoms with E-state index >= 15 is 0 Å². The first-order chi connectivity index (χ1) is 8.45. The van der Waals surface area contributed by atoms with Gasteiger partial charge >= 0.3 is 0 Å². The molecule has 0 aliphatic rings. The molecule has 0 fully saturated rings. The summed E-state index contributed by atoms with van der Waals surface area (Å²) >= 11 is 0. The van der Waals surface area contributed by atoms with Crippen LogP contribution >= 0.6 is 0 Å². The van der Waals surface area contributed by atoms with E-state index in [1.165, 1.54) is 0 Å². The maximum atomic E-state index is 13.5. The van der Waals surface area contributed by atoms with E-state index in [1.54, 1.807) is 19.9 Å². The summed E-state index contributed by atoms with van der Waals surface area (Å²) in [5, 5.41) is 21.1. The highest BCUT2D eigenvalue weighted by Crippen LogP contribution is 2.22. The lowest BCUT2D eigenvalue weighted by atomic mass is 9.97. The minimum Gasteiger partial charge on any atom is -0.388 e. The Morgan fingerprint density at radius 2 is 1.78 bits per heavy atom. The fourth-order valence-electron chi connectivity index (χ4n) is 1.56. The van der Waals surface area contributed by atoms with Crippen molar-refractivity contribution in [3.63, 3.8) is 0 Å². The Morgan fingerprint density at radius 1 is 1.28 bits per heavy atom. The molecule has 0 spiro atoms. The van der Waals surface area contributed by atoms with Crippen molar-refractivity contribution in [3.05, 3.63) is 29.3 Å². The Morgan fingerprint density at radius 3 is 2.17 bits per heavy atom. The highest BCUT2D eigenvalue weighted by molar-refractivity contribution is 5.50. The van der Waals surface area contributed by atoms with Crippen molar-refractivity contribution in [1.82, 2.24) is 0 Å². The number of rotatable bonds is 5. The Balaban J connectivity index is 2.90. The number of hydrogen-bond donors (Lipinski definition) is 2. The normalized spacial score (nSPS) is 11.1. The monoisotopic (exact) mass is 254 g/mol. The SMILES string of the molecule is CCC(O)(CC)CNc1c(F)cc(C#N)cc1F. The van der Waals surface area contributed by atoms with Crippen LogP contribution in [0.1, 0.15) is 32.3 Å². The lowest BCUT2D eigenvalue weighted by molar-refractivity contribution is 0.0456. The molecule has 3 nitrogen and oxygen atoms in total. The number of benzene rings is 1. The topological polar surface area (TPSA) is 56.0 Å². The van der Waals surface area contributed by atoms with Crippen LogP contribution < -0.4 is 5.32 Å². The molecule has 0 aliphatic heterocycles. The van der Waals surface area contributed by atoms with Gasteiger partial charge in [0.15, 0.2) is 11.6 Å². The van der Waals surface area contributed by atoms with Crippen LogP contribution in [0.15, 0.2) is 12.1 Å². The van der Waals surface area contributed by atoms with Crippen LogP contribution in [-0.4, -0.2) is 17.3 Å². The second-order valence-electron chi connectivity index (χ2n) is 4.21. The summed E-state index contributed by atoms with van der Waals surface area (Å²) in [5.41, 5.74) is -1.38. The molecule has 1 rings (SSSR count). The van der Waals surface area contributed by atoms with E-state index in [4.69, 9.17) is 5.26 Å². The molecule has 1 aromatic rings. The number of nitrogens with one attached hydrogen (secondary N) is 1. The van der Waals surface area contributed by atoms with Crippen molar-refractivity contribution in [3.8, 4) is 6.07 Å². The minimum absolute atomic E-state index is 0.0553. The number of nitriles is 1. The largest absolute Gasteiger partial charge is 0.388 e. The molecule has 98 valence electrons. The number of anilines is 1. The second-order valence-corrected chi connectivity index (χ2v) is 4.21. The minimum atomic E-state index is -0.993. The first-order valence-corrected chi connectivity index (χ1v) is 5.81. The van der Waals surface area contributed by atoms with Crippen LogP contribution in [-0.2, 0) is 0 Å². The average Bonchev–Trinajstić information content (AvgIpc) is 2.37. The van der Waals surface area contributed by atoms with Crippen molar-refractivity contribution in [2.45, 2.75) is 32.3 Å². The maximum absolute atomic E-state index is 13.5. The molecule has 2 N–H and O–H groups in total. The first kappa shape index (κ1) is 14.4. The molecule has 0 aromatic heterocycles. The fraction of sp³-hybridized carbons (Fsp3) is 0.462. The molecule has 18 heavy (non-hydrogen) atoms. The fourth-order valence-corrected chi connectivity index (χ4v) is 1.56. The van der Waals surface area contributed by atoms with Crippen molar-refractivity contribution < 1.29 is 13.9 Å². The summed E-state index contributed by atoms with van der Waals surface area (Å²) in [5.74, 6) is -1.66. The van der Waals surface area contributed by atoms with Gasteiger partial charge in [0.2, 0.25) is 0 Å². The molecule has 0 heterocycles. The summed E-state index contributed by atoms with van der Waals surface area (Å²) in [6.07, 6.45) is 0.964. The highest BCUT2D eigenvalue weighted by atomic mass is 19.1. The Bertz CT molecular complexity index is 442. The smallest absolute Gasteiger partial charge is 0.150 e. The van der Waals surface area contributed by atoms with Crippen LogP contribution in [0.2, 0.25) is 0 Å².